The molecule has 0 spiro atoms. The fourth-order valence-corrected chi connectivity index (χ4v) is 3.62. The highest BCUT2D eigenvalue weighted by Gasteiger charge is 2.05. The van der Waals surface area contributed by atoms with E-state index in [0.29, 0.717) is 21.5 Å². The Balaban J connectivity index is 2.02. The van der Waals surface area contributed by atoms with Gasteiger partial charge in [-0.15, -0.1) is 0 Å². The van der Waals surface area contributed by atoms with Gasteiger partial charge in [-0.25, -0.2) is 4.79 Å². The highest BCUT2D eigenvalue weighted by molar-refractivity contribution is 7.57. The van der Waals surface area contributed by atoms with Crippen LogP contribution in [0.25, 0.3) is 0 Å². The summed E-state index contributed by atoms with van der Waals surface area (Å²) in [5, 5.41) is 21.9. The van der Waals surface area contributed by atoms with Crippen molar-refractivity contribution in [1.29, 1.82) is 0 Å². The van der Waals surface area contributed by atoms with Crippen molar-refractivity contribution in [2.75, 3.05) is 19.3 Å². The lowest BCUT2D eigenvalue weighted by molar-refractivity contribution is -0.111. The molecule has 1 aromatic carbocycles. The smallest absolute Gasteiger partial charge is 0.335 e. The van der Waals surface area contributed by atoms with Gasteiger partial charge < -0.3 is 15.5 Å². The number of nitrogens with one attached hydrogen (secondary N) is 1. The van der Waals surface area contributed by atoms with Crippen LogP contribution in [-0.2, 0) is 11.2 Å². The average Bonchev–Trinajstić information content (AvgIpc) is 2.63. The van der Waals surface area contributed by atoms with E-state index in [1.165, 1.54) is 0 Å². The van der Waals surface area contributed by atoms with Gasteiger partial charge in [0.15, 0.2) is 5.52 Å². The minimum absolute atomic E-state index is 0.190. The molecule has 0 saturated carbocycles. The largest absolute Gasteiger partial charge is 0.478 e. The van der Waals surface area contributed by atoms with Gasteiger partial charge in [0.05, 0.1) is 11.7 Å². The second kappa shape index (κ2) is 13.9. The van der Waals surface area contributed by atoms with E-state index in [1.807, 2.05) is 12.1 Å². The van der Waals surface area contributed by atoms with E-state index in [2.05, 4.69) is 12.2 Å². The standard InChI is InChI=1S/C20H32NO4P/c1-2-3-5-18(22)6-4-13-21-14-11-19(23)26-15-12-16-7-9-17(10-8-16)20(24)25/h7-10,18,21-22,26H,2-6,11-15H2,1H3,(H,24,25). The van der Waals surface area contributed by atoms with Gasteiger partial charge in [-0.3, -0.25) is 4.79 Å². The summed E-state index contributed by atoms with van der Waals surface area (Å²) in [5.41, 5.74) is 1.63. The molecule has 0 radical (unpaired) electrons. The van der Waals surface area contributed by atoms with Crippen LogP contribution in [0.1, 0.15) is 61.4 Å². The zero-order valence-corrected chi connectivity index (χ0v) is 16.7. The maximum absolute atomic E-state index is 11.9. The molecule has 0 aliphatic rings. The van der Waals surface area contributed by atoms with Crippen LogP contribution in [-0.4, -0.2) is 47.1 Å². The lowest BCUT2D eigenvalue weighted by Crippen LogP contribution is -2.20. The van der Waals surface area contributed by atoms with Crippen LogP contribution in [0, 0.1) is 0 Å². The third kappa shape index (κ3) is 10.6. The molecule has 5 nitrogen and oxygen atoms in total. The monoisotopic (exact) mass is 381 g/mol. The van der Waals surface area contributed by atoms with E-state index >= 15 is 0 Å². The molecule has 26 heavy (non-hydrogen) atoms. The summed E-state index contributed by atoms with van der Waals surface area (Å²) < 4.78 is 0. The Morgan fingerprint density at radius 2 is 1.81 bits per heavy atom. The predicted octanol–water partition coefficient (Wildman–Crippen LogP) is 3.44. The van der Waals surface area contributed by atoms with Crippen LogP contribution < -0.4 is 5.32 Å². The number of hydrogen-bond acceptors (Lipinski definition) is 4. The molecule has 0 bridgehead atoms. The highest BCUT2D eigenvalue weighted by Crippen LogP contribution is 2.16. The zero-order valence-electron chi connectivity index (χ0n) is 15.7. The van der Waals surface area contributed by atoms with Crippen molar-refractivity contribution in [2.45, 2.75) is 58.0 Å². The maximum atomic E-state index is 11.9. The molecule has 2 atom stereocenters. The minimum Gasteiger partial charge on any atom is -0.478 e. The number of benzene rings is 1. The van der Waals surface area contributed by atoms with Crippen LogP contribution >= 0.6 is 8.58 Å². The molecule has 1 aromatic rings. The Morgan fingerprint density at radius 3 is 2.46 bits per heavy atom. The van der Waals surface area contributed by atoms with Gasteiger partial charge in [0.25, 0.3) is 0 Å². The average molecular weight is 381 g/mol. The van der Waals surface area contributed by atoms with E-state index in [-0.39, 0.29) is 17.2 Å². The van der Waals surface area contributed by atoms with E-state index in [9.17, 15) is 14.7 Å². The van der Waals surface area contributed by atoms with Crippen molar-refractivity contribution in [1.82, 2.24) is 5.32 Å². The first-order valence-electron chi connectivity index (χ1n) is 9.50. The molecule has 0 aliphatic heterocycles. The van der Waals surface area contributed by atoms with Gasteiger partial charge in [-0.1, -0.05) is 40.5 Å². The van der Waals surface area contributed by atoms with Gasteiger partial charge in [-0.05, 0) is 56.1 Å². The van der Waals surface area contributed by atoms with Crippen LogP contribution in [0.4, 0.5) is 0 Å². The second-order valence-corrected chi connectivity index (χ2v) is 7.95. The molecule has 0 saturated heterocycles. The molecule has 2 unspecified atom stereocenters. The van der Waals surface area contributed by atoms with Crippen LogP contribution in [0.15, 0.2) is 24.3 Å². The summed E-state index contributed by atoms with van der Waals surface area (Å²) in [5.74, 6) is -0.920. The van der Waals surface area contributed by atoms with Gasteiger partial charge in [-0.2, -0.15) is 0 Å². The van der Waals surface area contributed by atoms with Crippen molar-refractivity contribution in [2.24, 2.45) is 0 Å². The van der Waals surface area contributed by atoms with Crippen molar-refractivity contribution in [3.05, 3.63) is 35.4 Å². The quantitative estimate of drug-likeness (QED) is 0.320. The first-order chi connectivity index (χ1) is 12.5. The number of aliphatic hydroxyl groups is 1. The van der Waals surface area contributed by atoms with E-state index in [4.69, 9.17) is 5.11 Å². The Morgan fingerprint density at radius 1 is 1.12 bits per heavy atom. The van der Waals surface area contributed by atoms with Gasteiger partial charge in [0.1, 0.15) is 0 Å². The zero-order chi connectivity index (χ0) is 19.2. The summed E-state index contributed by atoms with van der Waals surface area (Å²) in [4.78, 5) is 22.7. The number of carbonyl (C=O) groups excluding carboxylic acids is 1. The molecule has 146 valence electrons. The number of carboxylic acid groups (broad SMARTS) is 1. The number of hydrogen-bond donors (Lipinski definition) is 3. The molecule has 0 fully saturated rings. The van der Waals surface area contributed by atoms with Crippen molar-refractivity contribution < 1.29 is 19.8 Å². The second-order valence-electron chi connectivity index (χ2n) is 6.54. The Bertz CT molecular complexity index is 533. The number of carbonyl (C=O) groups is 2. The third-order valence-corrected chi connectivity index (χ3v) is 5.39. The lowest BCUT2D eigenvalue weighted by atomic mass is 10.1. The van der Waals surface area contributed by atoms with Crippen LogP contribution in [0.5, 0.6) is 0 Å². The van der Waals surface area contributed by atoms with Crippen LogP contribution in [0.2, 0.25) is 0 Å². The first-order valence-corrected chi connectivity index (χ1v) is 10.7. The Labute approximate surface area is 158 Å². The number of aryl methyl sites for hydroxylation is 1. The van der Waals surface area contributed by atoms with Gasteiger partial charge >= 0.3 is 5.97 Å². The summed E-state index contributed by atoms with van der Waals surface area (Å²) in [7, 11) is 0.297. The summed E-state index contributed by atoms with van der Waals surface area (Å²) in [6, 6.07) is 6.83. The summed E-state index contributed by atoms with van der Waals surface area (Å²) in [6.07, 6.45) is 6.81. The number of rotatable bonds is 15. The molecule has 1 rings (SSSR count). The molecular weight excluding hydrogens is 349 g/mol. The lowest BCUT2D eigenvalue weighted by Gasteiger charge is -2.10. The van der Waals surface area contributed by atoms with Crippen molar-refractivity contribution in [3.8, 4) is 0 Å². The van der Waals surface area contributed by atoms with Crippen molar-refractivity contribution in [3.63, 3.8) is 0 Å². The summed E-state index contributed by atoms with van der Waals surface area (Å²) in [6.45, 7) is 3.67. The van der Waals surface area contributed by atoms with Crippen molar-refractivity contribution >= 4 is 20.1 Å². The fraction of sp³-hybridized carbons (Fsp3) is 0.600. The van der Waals surface area contributed by atoms with E-state index in [1.54, 1.807) is 12.1 Å². The molecule has 6 heteroatoms. The number of aliphatic hydroxyl groups excluding tert-OH is 1. The molecular formula is C20H32NO4P. The predicted molar refractivity (Wildman–Crippen MR) is 108 cm³/mol. The van der Waals surface area contributed by atoms with E-state index in [0.717, 1.165) is 56.8 Å². The fourth-order valence-electron chi connectivity index (χ4n) is 2.62. The van der Waals surface area contributed by atoms with E-state index < -0.39 is 5.97 Å². The Hall–Kier alpha value is -1.29. The van der Waals surface area contributed by atoms with Crippen LogP contribution in [0.3, 0.4) is 0 Å². The van der Waals surface area contributed by atoms with Gasteiger partial charge in [0, 0.05) is 13.0 Å². The number of unbranched alkanes of at least 4 members (excludes halogenated alkanes) is 1. The molecule has 0 aliphatic carbocycles. The highest BCUT2D eigenvalue weighted by atomic mass is 31.1. The first kappa shape index (κ1) is 22.8. The molecule has 0 heterocycles. The third-order valence-electron chi connectivity index (χ3n) is 4.25. The number of carboxylic acids is 1. The molecule has 0 amide bonds. The maximum Gasteiger partial charge on any atom is 0.335 e. The Kier molecular flexibility index (Phi) is 12.1. The normalized spacial score (nSPS) is 12.5. The SMILES string of the molecule is CCCCC(O)CCCNCCC(=O)PCCc1ccc(C(=O)O)cc1. The molecule has 3 N–H and O–H groups in total. The van der Waals surface area contributed by atoms with Gasteiger partial charge in [0.2, 0.25) is 0 Å². The topological polar surface area (TPSA) is 86.6 Å². The number of aromatic carboxylic acids is 1. The summed E-state index contributed by atoms with van der Waals surface area (Å²) >= 11 is 0. The minimum atomic E-state index is -0.920. The molecule has 0 aromatic heterocycles.